The van der Waals surface area contributed by atoms with Crippen LogP contribution >= 0.6 is 11.3 Å². The van der Waals surface area contributed by atoms with Gasteiger partial charge in [0.1, 0.15) is 10.8 Å². The molecule has 2 aromatic rings. The molecule has 0 aliphatic carbocycles. The lowest BCUT2D eigenvalue weighted by Crippen LogP contribution is -1.85. The molecule has 0 unspecified atom stereocenters. The monoisotopic (exact) mass is 191 g/mol. The summed E-state index contributed by atoms with van der Waals surface area (Å²) in [6.07, 6.45) is 1.80. The number of methoxy groups -OCH3 is 1. The molecule has 0 saturated heterocycles. The Labute approximate surface area is 80.8 Å². The van der Waals surface area contributed by atoms with Crippen molar-refractivity contribution < 1.29 is 4.74 Å². The third-order valence-electron chi connectivity index (χ3n) is 1.77. The molecular weight excluding hydrogens is 182 g/mol. The summed E-state index contributed by atoms with van der Waals surface area (Å²) in [4.78, 5) is 4.23. The summed E-state index contributed by atoms with van der Waals surface area (Å²) in [7, 11) is 1.67. The number of ether oxygens (including phenoxy) is 1. The van der Waals surface area contributed by atoms with Gasteiger partial charge in [0.2, 0.25) is 0 Å². The third-order valence-corrected chi connectivity index (χ3v) is 2.58. The van der Waals surface area contributed by atoms with E-state index >= 15 is 0 Å². The van der Waals surface area contributed by atoms with Crippen LogP contribution in [0.2, 0.25) is 0 Å². The van der Waals surface area contributed by atoms with E-state index in [-0.39, 0.29) is 0 Å². The molecule has 1 aromatic heterocycles. The van der Waals surface area contributed by atoms with Crippen molar-refractivity contribution >= 4 is 11.3 Å². The van der Waals surface area contributed by atoms with Gasteiger partial charge in [0, 0.05) is 11.6 Å². The predicted octanol–water partition coefficient (Wildman–Crippen LogP) is 2.82. The van der Waals surface area contributed by atoms with E-state index in [0.717, 1.165) is 16.3 Å². The Morgan fingerprint density at radius 3 is 2.85 bits per heavy atom. The summed E-state index contributed by atoms with van der Waals surface area (Å²) >= 11 is 1.61. The summed E-state index contributed by atoms with van der Waals surface area (Å²) < 4.78 is 5.24. The van der Waals surface area contributed by atoms with Crippen LogP contribution in [0.25, 0.3) is 10.6 Å². The lowest BCUT2D eigenvalue weighted by Gasteiger charge is -2.04. The zero-order valence-electron chi connectivity index (χ0n) is 7.23. The molecule has 0 amide bonds. The highest BCUT2D eigenvalue weighted by atomic mass is 32.1. The normalized spacial score (nSPS) is 9.92. The van der Waals surface area contributed by atoms with Crippen LogP contribution < -0.4 is 4.74 Å². The van der Waals surface area contributed by atoms with Gasteiger partial charge in [-0.3, -0.25) is 0 Å². The van der Waals surface area contributed by atoms with Gasteiger partial charge in [-0.2, -0.15) is 0 Å². The highest BCUT2D eigenvalue weighted by molar-refractivity contribution is 7.13. The van der Waals surface area contributed by atoms with Gasteiger partial charge in [0.05, 0.1) is 12.7 Å². The molecule has 0 fully saturated rings. The highest BCUT2D eigenvalue weighted by Crippen LogP contribution is 2.30. The Bertz CT molecular complexity index is 384. The number of hydrogen-bond donors (Lipinski definition) is 0. The number of nitrogens with zero attached hydrogens (tertiary/aromatic N) is 1. The maximum absolute atomic E-state index is 5.24. The first-order valence-corrected chi connectivity index (χ1v) is 4.82. The summed E-state index contributed by atoms with van der Waals surface area (Å²) in [6, 6.07) is 7.89. The minimum absolute atomic E-state index is 0.873. The second-order valence-electron chi connectivity index (χ2n) is 2.54. The van der Waals surface area contributed by atoms with Gasteiger partial charge in [-0.1, -0.05) is 12.1 Å². The number of aromatic nitrogens is 1. The van der Waals surface area contributed by atoms with Crippen LogP contribution in [0.15, 0.2) is 35.8 Å². The van der Waals surface area contributed by atoms with Crippen molar-refractivity contribution in [2.45, 2.75) is 0 Å². The van der Waals surface area contributed by atoms with Gasteiger partial charge in [0.15, 0.2) is 0 Å². The van der Waals surface area contributed by atoms with E-state index in [1.165, 1.54) is 0 Å². The Morgan fingerprint density at radius 1 is 1.31 bits per heavy atom. The van der Waals surface area contributed by atoms with Crippen molar-refractivity contribution in [3.8, 4) is 16.3 Å². The first-order valence-electron chi connectivity index (χ1n) is 3.94. The van der Waals surface area contributed by atoms with Crippen molar-refractivity contribution in [3.05, 3.63) is 35.8 Å². The van der Waals surface area contributed by atoms with Gasteiger partial charge >= 0.3 is 0 Å². The Balaban J connectivity index is 2.51. The highest BCUT2D eigenvalue weighted by Gasteiger charge is 2.05. The number of benzene rings is 1. The minimum Gasteiger partial charge on any atom is -0.496 e. The first-order chi connectivity index (χ1) is 6.42. The molecule has 0 spiro atoms. The van der Waals surface area contributed by atoms with E-state index in [9.17, 15) is 0 Å². The molecule has 0 radical (unpaired) electrons. The molecule has 2 rings (SSSR count). The standard InChI is InChI=1S/C10H9NOS/c1-12-9-5-3-2-4-8(9)10-11-6-7-13-10/h2-7H,1H3. The number of hydrogen-bond acceptors (Lipinski definition) is 3. The molecule has 0 atom stereocenters. The molecule has 0 aliphatic heterocycles. The molecule has 1 aromatic carbocycles. The topological polar surface area (TPSA) is 22.1 Å². The molecule has 13 heavy (non-hydrogen) atoms. The number of rotatable bonds is 2. The maximum Gasteiger partial charge on any atom is 0.129 e. The summed E-state index contributed by atoms with van der Waals surface area (Å²) in [5.41, 5.74) is 1.06. The third kappa shape index (κ3) is 1.55. The molecule has 1 heterocycles. The lowest BCUT2D eigenvalue weighted by atomic mass is 10.2. The first kappa shape index (κ1) is 8.26. The van der Waals surface area contributed by atoms with E-state index in [0.29, 0.717) is 0 Å². The second kappa shape index (κ2) is 3.58. The molecule has 66 valence electrons. The second-order valence-corrected chi connectivity index (χ2v) is 3.43. The van der Waals surface area contributed by atoms with Crippen molar-refractivity contribution in [3.63, 3.8) is 0 Å². The van der Waals surface area contributed by atoms with E-state index in [4.69, 9.17) is 4.74 Å². The predicted molar refractivity (Wildman–Crippen MR) is 54.1 cm³/mol. The van der Waals surface area contributed by atoms with Crippen molar-refractivity contribution in [2.75, 3.05) is 7.11 Å². The van der Waals surface area contributed by atoms with E-state index in [1.54, 1.807) is 24.6 Å². The van der Waals surface area contributed by atoms with E-state index in [1.807, 2.05) is 29.6 Å². The van der Waals surface area contributed by atoms with Gasteiger partial charge in [-0.25, -0.2) is 4.98 Å². The van der Waals surface area contributed by atoms with Crippen LogP contribution in [-0.4, -0.2) is 12.1 Å². The molecule has 0 aliphatic rings. The fourth-order valence-corrected chi connectivity index (χ4v) is 1.85. The fraction of sp³-hybridized carbons (Fsp3) is 0.100. The zero-order chi connectivity index (χ0) is 9.10. The average Bonchev–Trinajstić information content (AvgIpc) is 2.70. The van der Waals surface area contributed by atoms with E-state index in [2.05, 4.69) is 4.98 Å². The van der Waals surface area contributed by atoms with Crippen LogP contribution in [0.4, 0.5) is 0 Å². The zero-order valence-corrected chi connectivity index (χ0v) is 8.04. The largest absolute Gasteiger partial charge is 0.496 e. The van der Waals surface area contributed by atoms with E-state index < -0.39 is 0 Å². The molecular formula is C10H9NOS. The van der Waals surface area contributed by atoms with Gasteiger partial charge < -0.3 is 4.74 Å². The van der Waals surface area contributed by atoms with Crippen molar-refractivity contribution in [2.24, 2.45) is 0 Å². The van der Waals surface area contributed by atoms with Crippen LogP contribution in [0, 0.1) is 0 Å². The molecule has 2 nitrogen and oxygen atoms in total. The molecule has 3 heteroatoms. The van der Waals surface area contributed by atoms with Gasteiger partial charge in [-0.15, -0.1) is 11.3 Å². The quantitative estimate of drug-likeness (QED) is 0.728. The molecule has 0 saturated carbocycles. The van der Waals surface area contributed by atoms with Crippen LogP contribution in [0.5, 0.6) is 5.75 Å². The maximum atomic E-state index is 5.24. The van der Waals surface area contributed by atoms with Crippen molar-refractivity contribution in [1.29, 1.82) is 0 Å². The fourth-order valence-electron chi connectivity index (χ4n) is 1.18. The van der Waals surface area contributed by atoms with Gasteiger partial charge in [-0.05, 0) is 12.1 Å². The Kier molecular flexibility index (Phi) is 2.27. The number of para-hydroxylation sites is 1. The molecule has 0 bridgehead atoms. The smallest absolute Gasteiger partial charge is 0.129 e. The van der Waals surface area contributed by atoms with Crippen LogP contribution in [0.3, 0.4) is 0 Å². The van der Waals surface area contributed by atoms with Gasteiger partial charge in [0.25, 0.3) is 0 Å². The van der Waals surface area contributed by atoms with Crippen LogP contribution in [-0.2, 0) is 0 Å². The van der Waals surface area contributed by atoms with Crippen LogP contribution in [0.1, 0.15) is 0 Å². The SMILES string of the molecule is COc1ccccc1-c1nccs1. The Hall–Kier alpha value is -1.35. The minimum atomic E-state index is 0.873. The lowest BCUT2D eigenvalue weighted by molar-refractivity contribution is 0.416. The summed E-state index contributed by atoms with van der Waals surface area (Å²) in [5, 5.41) is 2.96. The number of thiazole rings is 1. The average molecular weight is 191 g/mol. The van der Waals surface area contributed by atoms with Crippen molar-refractivity contribution in [1.82, 2.24) is 4.98 Å². The summed E-state index contributed by atoms with van der Waals surface area (Å²) in [6.45, 7) is 0. The molecule has 0 N–H and O–H groups in total. The Morgan fingerprint density at radius 2 is 2.15 bits per heavy atom. The summed E-state index contributed by atoms with van der Waals surface area (Å²) in [5.74, 6) is 0.873.